The number of fused-ring (bicyclic) bond motifs is 2. The molecule has 0 bridgehead atoms. The number of aryl methyl sites for hydroxylation is 1. The molecule has 0 fully saturated rings. The number of nitrogens with one attached hydrogen (secondary N) is 2. The Morgan fingerprint density at radius 3 is 3.12 bits per heavy atom. The maximum absolute atomic E-state index is 12.4. The molecule has 132 valence electrons. The normalized spacial score (nSPS) is 16.2. The fourth-order valence-electron chi connectivity index (χ4n) is 2.98. The molecule has 0 spiro atoms. The first-order valence-electron chi connectivity index (χ1n) is 8.12. The molecule has 26 heavy (non-hydrogen) atoms. The number of anilines is 1. The van der Waals surface area contributed by atoms with Crippen LogP contribution in [0.2, 0.25) is 0 Å². The van der Waals surface area contributed by atoms with Gasteiger partial charge < -0.3 is 10.6 Å². The first kappa shape index (κ1) is 17.0. The molecular weight excluding hydrogens is 368 g/mol. The van der Waals surface area contributed by atoms with Crippen molar-refractivity contribution < 1.29 is 9.59 Å². The number of benzene rings is 1. The third kappa shape index (κ3) is 3.42. The Kier molecular flexibility index (Phi) is 4.60. The third-order valence-electron chi connectivity index (χ3n) is 4.09. The molecule has 2 amide bonds. The number of rotatable bonds is 4. The molecule has 1 atom stereocenters. The zero-order valence-electron chi connectivity index (χ0n) is 14.0. The summed E-state index contributed by atoms with van der Waals surface area (Å²) in [5.74, 6) is 0.0255. The van der Waals surface area contributed by atoms with E-state index in [0.717, 1.165) is 31.4 Å². The van der Waals surface area contributed by atoms with E-state index in [1.165, 1.54) is 18.1 Å². The van der Waals surface area contributed by atoms with Crippen molar-refractivity contribution in [3.63, 3.8) is 0 Å². The smallest absolute Gasteiger partial charge is 0.230 e. The summed E-state index contributed by atoms with van der Waals surface area (Å²) in [4.78, 5) is 35.0. The Bertz CT molecular complexity index is 1000. The van der Waals surface area contributed by atoms with Crippen LogP contribution in [0, 0.1) is 6.92 Å². The van der Waals surface area contributed by atoms with Gasteiger partial charge in [0.15, 0.2) is 0 Å². The molecular formula is C18H16N4O2S2. The van der Waals surface area contributed by atoms with Crippen LogP contribution in [-0.4, -0.2) is 27.5 Å². The lowest BCUT2D eigenvalue weighted by molar-refractivity contribution is -0.120. The van der Waals surface area contributed by atoms with Crippen molar-refractivity contribution in [3.05, 3.63) is 47.1 Å². The maximum Gasteiger partial charge on any atom is 0.230 e. The average molecular weight is 384 g/mol. The molecule has 8 heteroatoms. The minimum absolute atomic E-state index is 0.0899. The first-order valence-corrected chi connectivity index (χ1v) is 9.92. The monoisotopic (exact) mass is 384 g/mol. The van der Waals surface area contributed by atoms with E-state index in [2.05, 4.69) is 20.6 Å². The molecule has 6 nitrogen and oxygen atoms in total. The minimum atomic E-state index is -0.304. The van der Waals surface area contributed by atoms with Gasteiger partial charge in [-0.25, -0.2) is 9.97 Å². The molecule has 2 N–H and O–H groups in total. The summed E-state index contributed by atoms with van der Waals surface area (Å²) in [7, 11) is 0. The lowest BCUT2D eigenvalue weighted by Crippen LogP contribution is -2.36. The third-order valence-corrected chi connectivity index (χ3v) is 6.05. The van der Waals surface area contributed by atoms with Gasteiger partial charge in [-0.15, -0.1) is 11.3 Å². The summed E-state index contributed by atoms with van der Waals surface area (Å²) in [5, 5.41) is 7.58. The molecule has 0 saturated carbocycles. The summed E-state index contributed by atoms with van der Waals surface area (Å²) in [6, 6.07) is 9.28. The van der Waals surface area contributed by atoms with Gasteiger partial charge in [0.25, 0.3) is 0 Å². The predicted octanol–water partition coefficient (Wildman–Crippen LogP) is 3.29. The van der Waals surface area contributed by atoms with Crippen LogP contribution in [0.1, 0.15) is 22.9 Å². The van der Waals surface area contributed by atoms with E-state index >= 15 is 0 Å². The van der Waals surface area contributed by atoms with E-state index in [4.69, 9.17) is 0 Å². The second kappa shape index (κ2) is 7.05. The Morgan fingerprint density at radius 1 is 1.38 bits per heavy atom. The molecule has 2 aromatic heterocycles. The van der Waals surface area contributed by atoms with Crippen molar-refractivity contribution in [1.29, 1.82) is 0 Å². The highest BCUT2D eigenvalue weighted by atomic mass is 32.2. The molecule has 4 rings (SSSR count). The maximum atomic E-state index is 12.4. The highest BCUT2D eigenvalue weighted by molar-refractivity contribution is 8.00. The second-order valence-corrected chi connectivity index (χ2v) is 8.20. The number of hydrogen-bond acceptors (Lipinski definition) is 6. The van der Waals surface area contributed by atoms with E-state index in [9.17, 15) is 9.59 Å². The van der Waals surface area contributed by atoms with Crippen molar-refractivity contribution in [2.75, 3.05) is 11.1 Å². The number of para-hydroxylation sites is 1. The fraction of sp³-hybridized carbons (Fsp3) is 0.222. The zero-order chi connectivity index (χ0) is 18.1. The number of hydrogen-bond donors (Lipinski definition) is 2. The number of aromatic nitrogens is 2. The highest BCUT2D eigenvalue weighted by Crippen LogP contribution is 2.32. The van der Waals surface area contributed by atoms with Crippen LogP contribution in [0.3, 0.4) is 0 Å². The number of thiophene rings is 1. The molecule has 1 aliphatic heterocycles. The van der Waals surface area contributed by atoms with Crippen LogP contribution in [0.4, 0.5) is 5.69 Å². The second-order valence-electron chi connectivity index (χ2n) is 6.00. The van der Waals surface area contributed by atoms with Crippen molar-refractivity contribution in [3.8, 4) is 0 Å². The van der Waals surface area contributed by atoms with Gasteiger partial charge in [0, 0.05) is 16.0 Å². The Balaban J connectivity index is 1.45. The zero-order valence-corrected chi connectivity index (χ0v) is 15.6. The van der Waals surface area contributed by atoms with Gasteiger partial charge in [0.05, 0.1) is 18.2 Å². The van der Waals surface area contributed by atoms with E-state index in [1.807, 2.05) is 37.3 Å². The summed E-state index contributed by atoms with van der Waals surface area (Å²) in [6.45, 7) is 2.03. The largest absolute Gasteiger partial charge is 0.348 e. The SMILES string of the molecule is Cc1cc2c(SCC(=O)N[C@@H]3CC(=O)Nc4ccccc43)ncnc2s1. The molecule has 3 aromatic rings. The Morgan fingerprint density at radius 2 is 2.23 bits per heavy atom. The Hall–Kier alpha value is -2.45. The van der Waals surface area contributed by atoms with Crippen molar-refractivity contribution >= 4 is 50.8 Å². The van der Waals surface area contributed by atoms with Crippen LogP contribution in [-0.2, 0) is 9.59 Å². The van der Waals surface area contributed by atoms with E-state index < -0.39 is 0 Å². The summed E-state index contributed by atoms with van der Waals surface area (Å²) in [6.07, 6.45) is 1.77. The van der Waals surface area contributed by atoms with Crippen LogP contribution >= 0.6 is 23.1 Å². The quantitative estimate of drug-likeness (QED) is 0.533. The van der Waals surface area contributed by atoms with E-state index in [-0.39, 0.29) is 30.0 Å². The van der Waals surface area contributed by atoms with Gasteiger partial charge in [0.2, 0.25) is 11.8 Å². The topological polar surface area (TPSA) is 84.0 Å². The van der Waals surface area contributed by atoms with E-state index in [1.54, 1.807) is 11.3 Å². The number of carbonyl (C=O) groups is 2. The number of nitrogens with zero attached hydrogens (tertiary/aromatic N) is 2. The lowest BCUT2D eigenvalue weighted by Gasteiger charge is -2.26. The van der Waals surface area contributed by atoms with Gasteiger partial charge >= 0.3 is 0 Å². The lowest BCUT2D eigenvalue weighted by atomic mass is 9.97. The van der Waals surface area contributed by atoms with Crippen molar-refractivity contribution in [2.45, 2.75) is 24.4 Å². The summed E-state index contributed by atoms with van der Waals surface area (Å²) >= 11 is 3.00. The molecule has 0 saturated heterocycles. The van der Waals surface area contributed by atoms with Crippen LogP contribution in [0.25, 0.3) is 10.2 Å². The van der Waals surface area contributed by atoms with Gasteiger partial charge in [-0.3, -0.25) is 9.59 Å². The summed E-state index contributed by atoms with van der Waals surface area (Å²) < 4.78 is 0. The van der Waals surface area contributed by atoms with Gasteiger partial charge in [0.1, 0.15) is 16.2 Å². The minimum Gasteiger partial charge on any atom is -0.348 e. The fourth-order valence-corrected chi connectivity index (χ4v) is 4.68. The number of thioether (sulfide) groups is 1. The molecule has 1 aliphatic rings. The predicted molar refractivity (Wildman–Crippen MR) is 103 cm³/mol. The molecule has 0 aliphatic carbocycles. The standard InChI is InChI=1S/C18H16N4O2S2/c1-10-6-12-17(19-9-20-18(12)26-10)25-8-16(24)22-14-7-15(23)21-13-5-3-2-4-11(13)14/h2-6,9,14H,7-8H2,1H3,(H,21,23)(H,22,24)/t14-/m1/s1. The highest BCUT2D eigenvalue weighted by Gasteiger charge is 2.26. The molecule has 0 unspecified atom stereocenters. The van der Waals surface area contributed by atoms with Gasteiger partial charge in [-0.1, -0.05) is 30.0 Å². The first-order chi connectivity index (χ1) is 12.6. The van der Waals surface area contributed by atoms with Gasteiger partial charge in [-0.05, 0) is 24.6 Å². The number of amides is 2. The summed E-state index contributed by atoms with van der Waals surface area (Å²) in [5.41, 5.74) is 1.69. The van der Waals surface area contributed by atoms with Crippen LogP contribution < -0.4 is 10.6 Å². The van der Waals surface area contributed by atoms with Gasteiger partial charge in [-0.2, -0.15) is 0 Å². The Labute approximate surface area is 158 Å². The van der Waals surface area contributed by atoms with E-state index in [0.29, 0.717) is 0 Å². The van der Waals surface area contributed by atoms with Crippen molar-refractivity contribution in [1.82, 2.24) is 15.3 Å². The average Bonchev–Trinajstić information content (AvgIpc) is 3.00. The number of carbonyl (C=O) groups excluding carboxylic acids is 2. The molecule has 3 heterocycles. The molecule has 0 radical (unpaired) electrons. The molecule has 1 aromatic carbocycles. The van der Waals surface area contributed by atoms with Crippen LogP contribution in [0.5, 0.6) is 0 Å². The van der Waals surface area contributed by atoms with Crippen LogP contribution in [0.15, 0.2) is 41.7 Å². The van der Waals surface area contributed by atoms with Crippen molar-refractivity contribution in [2.24, 2.45) is 0 Å².